The van der Waals surface area contributed by atoms with Gasteiger partial charge in [-0.3, -0.25) is 0 Å². The lowest BCUT2D eigenvalue weighted by molar-refractivity contribution is 0.627. The SMILES string of the molecule is C=C.C=C/C(=C\C)C(CC)NC. The molecule has 0 bridgehead atoms. The maximum absolute atomic E-state index is 3.74. The van der Waals surface area contributed by atoms with Crippen molar-refractivity contribution in [3.8, 4) is 0 Å². The number of allylic oxidation sites excluding steroid dienone is 1. The summed E-state index contributed by atoms with van der Waals surface area (Å²) in [7, 11) is 1.97. The number of likely N-dealkylation sites (N-methyl/N-ethyl adjacent to an activating group) is 1. The van der Waals surface area contributed by atoms with Gasteiger partial charge in [0, 0.05) is 6.04 Å². The summed E-state index contributed by atoms with van der Waals surface area (Å²) in [6.07, 6.45) is 5.12. The van der Waals surface area contributed by atoms with Crippen LogP contribution in [0.5, 0.6) is 0 Å². The molecule has 0 saturated heterocycles. The highest BCUT2D eigenvalue weighted by atomic mass is 14.9. The van der Waals surface area contributed by atoms with Gasteiger partial charge in [0.15, 0.2) is 0 Å². The van der Waals surface area contributed by atoms with Crippen molar-refractivity contribution in [2.45, 2.75) is 26.3 Å². The summed E-state index contributed by atoms with van der Waals surface area (Å²) in [5, 5.41) is 3.21. The molecule has 0 rings (SSSR count). The lowest BCUT2D eigenvalue weighted by Gasteiger charge is -2.14. The second-order valence-electron chi connectivity index (χ2n) is 2.24. The van der Waals surface area contributed by atoms with Crippen LogP contribution in [0.1, 0.15) is 20.3 Å². The average Bonchev–Trinajstić information content (AvgIpc) is 2.17. The largest absolute Gasteiger partial charge is 0.313 e. The molecule has 0 aromatic heterocycles. The third kappa shape index (κ3) is 4.91. The summed E-state index contributed by atoms with van der Waals surface area (Å²) < 4.78 is 0. The zero-order valence-electron chi connectivity index (χ0n) is 8.56. The van der Waals surface area contributed by atoms with E-state index in [-0.39, 0.29) is 0 Å². The molecule has 0 spiro atoms. The van der Waals surface area contributed by atoms with Crippen molar-refractivity contribution in [1.82, 2.24) is 5.32 Å². The van der Waals surface area contributed by atoms with E-state index >= 15 is 0 Å². The Bertz CT molecular complexity index is 132. The van der Waals surface area contributed by atoms with Crippen molar-refractivity contribution in [2.24, 2.45) is 0 Å². The van der Waals surface area contributed by atoms with E-state index in [4.69, 9.17) is 0 Å². The van der Waals surface area contributed by atoms with E-state index in [2.05, 4.69) is 38.1 Å². The van der Waals surface area contributed by atoms with E-state index in [9.17, 15) is 0 Å². The molecular formula is C11H21N. The second-order valence-corrected chi connectivity index (χ2v) is 2.24. The van der Waals surface area contributed by atoms with E-state index < -0.39 is 0 Å². The molecular weight excluding hydrogens is 146 g/mol. The normalized spacial score (nSPS) is 12.8. The van der Waals surface area contributed by atoms with Gasteiger partial charge in [-0.1, -0.05) is 25.7 Å². The van der Waals surface area contributed by atoms with Crippen LogP contribution >= 0.6 is 0 Å². The molecule has 70 valence electrons. The van der Waals surface area contributed by atoms with Gasteiger partial charge in [0.2, 0.25) is 0 Å². The first-order chi connectivity index (χ1) is 5.79. The van der Waals surface area contributed by atoms with Crippen LogP contribution in [0.3, 0.4) is 0 Å². The van der Waals surface area contributed by atoms with Gasteiger partial charge in [-0.15, -0.1) is 13.2 Å². The molecule has 0 amide bonds. The van der Waals surface area contributed by atoms with E-state index in [1.54, 1.807) is 0 Å². The molecule has 12 heavy (non-hydrogen) atoms. The Morgan fingerprint density at radius 3 is 2.08 bits per heavy atom. The summed E-state index contributed by atoms with van der Waals surface area (Å²) in [6, 6.07) is 0.475. The van der Waals surface area contributed by atoms with E-state index in [0.29, 0.717) is 6.04 Å². The maximum Gasteiger partial charge on any atom is 0.0311 e. The Morgan fingerprint density at radius 1 is 1.50 bits per heavy atom. The Morgan fingerprint density at radius 2 is 2.00 bits per heavy atom. The van der Waals surface area contributed by atoms with Crippen molar-refractivity contribution >= 4 is 0 Å². The van der Waals surface area contributed by atoms with Gasteiger partial charge in [0.05, 0.1) is 0 Å². The predicted molar refractivity (Wildman–Crippen MR) is 58.3 cm³/mol. The molecule has 1 heteroatoms. The van der Waals surface area contributed by atoms with Gasteiger partial charge in [-0.25, -0.2) is 0 Å². The molecule has 1 atom stereocenters. The molecule has 0 fully saturated rings. The number of rotatable bonds is 4. The van der Waals surface area contributed by atoms with Crippen LogP contribution < -0.4 is 5.32 Å². The van der Waals surface area contributed by atoms with Gasteiger partial charge in [0.1, 0.15) is 0 Å². The fourth-order valence-electron chi connectivity index (χ4n) is 1.07. The molecule has 0 aromatic rings. The topological polar surface area (TPSA) is 12.0 Å². The van der Waals surface area contributed by atoms with Crippen LogP contribution in [0.25, 0.3) is 0 Å². The number of nitrogens with one attached hydrogen (secondary N) is 1. The van der Waals surface area contributed by atoms with E-state index in [1.165, 1.54) is 5.57 Å². The molecule has 1 nitrogen and oxygen atoms in total. The van der Waals surface area contributed by atoms with Crippen molar-refractivity contribution < 1.29 is 0 Å². The minimum Gasteiger partial charge on any atom is -0.313 e. The first-order valence-electron chi connectivity index (χ1n) is 4.26. The third-order valence-electron chi connectivity index (χ3n) is 1.73. The molecule has 0 saturated carbocycles. The lowest BCUT2D eigenvalue weighted by atomic mass is 10.1. The van der Waals surface area contributed by atoms with Gasteiger partial charge in [-0.05, 0) is 26.0 Å². The molecule has 1 N–H and O–H groups in total. The molecule has 0 aliphatic heterocycles. The summed E-state index contributed by atoms with van der Waals surface area (Å²) in [5.41, 5.74) is 1.28. The van der Waals surface area contributed by atoms with Crippen molar-refractivity contribution in [1.29, 1.82) is 0 Å². The van der Waals surface area contributed by atoms with Crippen LogP contribution in [0.15, 0.2) is 37.5 Å². The molecule has 0 aliphatic carbocycles. The highest BCUT2D eigenvalue weighted by Crippen LogP contribution is 2.05. The first kappa shape index (κ1) is 13.7. The third-order valence-corrected chi connectivity index (χ3v) is 1.73. The highest BCUT2D eigenvalue weighted by molar-refractivity contribution is 5.21. The molecule has 0 aliphatic rings. The summed E-state index contributed by atoms with van der Waals surface area (Å²) >= 11 is 0. The number of hydrogen-bond acceptors (Lipinski definition) is 1. The molecule has 0 heterocycles. The standard InChI is InChI=1S/C9H17N.C2H4/c1-5-8(6-2)9(7-3)10-4;1-2/h5-6,9-10H,1,7H2,2-4H3;1-2H2/b8-6+;. The second kappa shape index (κ2) is 10.2. The van der Waals surface area contributed by atoms with Crippen LogP contribution in [-0.2, 0) is 0 Å². The zero-order chi connectivity index (χ0) is 9.98. The Hall–Kier alpha value is -0.820. The van der Waals surface area contributed by atoms with Gasteiger partial charge in [0.25, 0.3) is 0 Å². The smallest absolute Gasteiger partial charge is 0.0311 e. The fraction of sp³-hybridized carbons (Fsp3) is 0.455. The molecule has 0 aromatic carbocycles. The van der Waals surface area contributed by atoms with Crippen LogP contribution in [0.2, 0.25) is 0 Å². The number of hydrogen-bond donors (Lipinski definition) is 1. The monoisotopic (exact) mass is 167 g/mol. The van der Waals surface area contributed by atoms with Crippen molar-refractivity contribution in [3.05, 3.63) is 37.5 Å². The van der Waals surface area contributed by atoms with Crippen molar-refractivity contribution in [3.63, 3.8) is 0 Å². The fourth-order valence-corrected chi connectivity index (χ4v) is 1.07. The maximum atomic E-state index is 3.74. The summed E-state index contributed by atoms with van der Waals surface area (Å²) in [6.45, 7) is 13.9. The Labute approximate surface area is 76.9 Å². The molecule has 1 unspecified atom stereocenters. The minimum absolute atomic E-state index is 0.475. The van der Waals surface area contributed by atoms with Gasteiger partial charge >= 0.3 is 0 Å². The van der Waals surface area contributed by atoms with Gasteiger partial charge in [-0.2, -0.15) is 0 Å². The van der Waals surface area contributed by atoms with Gasteiger partial charge < -0.3 is 5.32 Å². The predicted octanol–water partition coefficient (Wildman–Crippen LogP) is 2.92. The van der Waals surface area contributed by atoms with Crippen LogP contribution in [0.4, 0.5) is 0 Å². The van der Waals surface area contributed by atoms with E-state index in [0.717, 1.165) is 6.42 Å². The summed E-state index contributed by atoms with van der Waals surface area (Å²) in [4.78, 5) is 0. The Kier molecular flexibility index (Phi) is 11.7. The van der Waals surface area contributed by atoms with Crippen LogP contribution in [0, 0.1) is 0 Å². The lowest BCUT2D eigenvalue weighted by Crippen LogP contribution is -2.25. The van der Waals surface area contributed by atoms with E-state index in [1.807, 2.05) is 20.0 Å². The highest BCUT2D eigenvalue weighted by Gasteiger charge is 2.03. The molecule has 0 radical (unpaired) electrons. The minimum atomic E-state index is 0.475. The average molecular weight is 167 g/mol. The quantitative estimate of drug-likeness (QED) is 0.501. The summed E-state index contributed by atoms with van der Waals surface area (Å²) in [5.74, 6) is 0. The van der Waals surface area contributed by atoms with Crippen molar-refractivity contribution in [2.75, 3.05) is 7.05 Å². The first-order valence-corrected chi connectivity index (χ1v) is 4.26. The van der Waals surface area contributed by atoms with Crippen LogP contribution in [-0.4, -0.2) is 13.1 Å². The zero-order valence-corrected chi connectivity index (χ0v) is 8.56. The Balaban J connectivity index is 0.